The highest BCUT2D eigenvalue weighted by Crippen LogP contribution is 2.11. The van der Waals surface area contributed by atoms with Crippen molar-refractivity contribution in [2.45, 2.75) is 6.54 Å². The summed E-state index contributed by atoms with van der Waals surface area (Å²) in [7, 11) is 2.83. The number of rotatable bonds is 3. The van der Waals surface area contributed by atoms with Crippen LogP contribution in [-0.4, -0.2) is 30.0 Å². The van der Waals surface area contributed by atoms with Crippen LogP contribution in [0.15, 0.2) is 20.6 Å². The van der Waals surface area contributed by atoms with Gasteiger partial charge in [-0.1, -0.05) is 11.1 Å². The molecule has 0 radical (unpaired) electrons. The van der Waals surface area contributed by atoms with Crippen LogP contribution in [0.4, 0.5) is 11.6 Å². The zero-order valence-electron chi connectivity index (χ0n) is 12.0. The Labute approximate surface area is 124 Å². The smallest absolute Gasteiger partial charge is 0.332 e. The molecule has 10 heteroatoms. The molecule has 0 saturated carbocycles. The van der Waals surface area contributed by atoms with Gasteiger partial charge in [0.25, 0.3) is 5.56 Å². The van der Waals surface area contributed by atoms with Crippen LogP contribution < -0.4 is 22.7 Å². The summed E-state index contributed by atoms with van der Waals surface area (Å²) in [6, 6.07) is 1.18. The molecule has 2 heterocycles. The van der Waals surface area contributed by atoms with Gasteiger partial charge in [0.15, 0.2) is 17.3 Å². The Bertz CT molecular complexity index is 909. The van der Waals surface area contributed by atoms with Crippen LogP contribution in [0.5, 0.6) is 0 Å². The molecule has 114 valence electrons. The number of nitrogens with zero attached hydrogens (tertiary/aromatic N) is 6. The number of amidine groups is 1. The average Bonchev–Trinajstić information content (AvgIpc) is 2.84. The van der Waals surface area contributed by atoms with Gasteiger partial charge in [-0.3, -0.25) is 13.9 Å². The molecule has 2 rings (SSSR count). The molecule has 0 saturated heterocycles. The summed E-state index contributed by atoms with van der Waals surface area (Å²) < 4.78 is 3.41. The molecule has 0 unspecified atom stereocenters. The highest BCUT2D eigenvalue weighted by Gasteiger charge is 2.14. The zero-order valence-corrected chi connectivity index (χ0v) is 12.0. The molecule has 0 bridgehead atoms. The lowest BCUT2D eigenvalue weighted by atomic mass is 10.4. The fourth-order valence-corrected chi connectivity index (χ4v) is 1.71. The molecule has 2 aromatic rings. The molecule has 0 aliphatic rings. The Balaban J connectivity index is 2.53. The first-order valence-electron chi connectivity index (χ1n) is 6.10. The lowest BCUT2D eigenvalue weighted by Gasteiger charge is -2.06. The van der Waals surface area contributed by atoms with E-state index in [1.807, 2.05) is 0 Å². The largest absolute Gasteiger partial charge is 0.382 e. The third-order valence-electron chi connectivity index (χ3n) is 2.99. The number of aliphatic imine (C=N–C) groups is 1. The normalized spacial score (nSPS) is 11.4. The average molecular weight is 302 g/mol. The van der Waals surface area contributed by atoms with E-state index in [1.165, 1.54) is 29.4 Å². The predicted molar refractivity (Wildman–Crippen MR) is 80.6 cm³/mol. The molecule has 10 nitrogen and oxygen atoms in total. The second kappa shape index (κ2) is 5.57. The topological polar surface area (TPSA) is 139 Å². The molecule has 0 aliphatic carbocycles. The van der Waals surface area contributed by atoms with Crippen molar-refractivity contribution in [1.29, 1.82) is 0 Å². The highest BCUT2D eigenvalue weighted by atomic mass is 16.2. The first-order chi connectivity index (χ1) is 10.4. The maximum Gasteiger partial charge on any atom is 0.332 e. The molecule has 0 fully saturated rings. The van der Waals surface area contributed by atoms with Gasteiger partial charge in [-0.05, 0) is 0 Å². The number of terminal acetylenes is 1. The predicted octanol–water partition coefficient (Wildman–Crippen LogP) is -2.07. The third-order valence-corrected chi connectivity index (χ3v) is 2.99. The van der Waals surface area contributed by atoms with E-state index in [0.717, 1.165) is 4.57 Å². The molecule has 0 aromatic carbocycles. The summed E-state index contributed by atoms with van der Waals surface area (Å²) in [5, 5.41) is 7.53. The van der Waals surface area contributed by atoms with E-state index in [0.29, 0.717) is 0 Å². The Morgan fingerprint density at radius 1 is 1.41 bits per heavy atom. The summed E-state index contributed by atoms with van der Waals surface area (Å²) in [6.45, 7) is 0.135. The van der Waals surface area contributed by atoms with E-state index in [4.69, 9.17) is 17.9 Å². The van der Waals surface area contributed by atoms with E-state index < -0.39 is 11.2 Å². The highest BCUT2D eigenvalue weighted by molar-refractivity contribution is 6.00. The van der Waals surface area contributed by atoms with Gasteiger partial charge < -0.3 is 11.5 Å². The van der Waals surface area contributed by atoms with E-state index in [-0.39, 0.29) is 29.7 Å². The van der Waals surface area contributed by atoms with E-state index in [1.54, 1.807) is 0 Å². The van der Waals surface area contributed by atoms with Gasteiger partial charge in [0.2, 0.25) is 0 Å². The molecular formula is C12H14N8O2. The number of hydrogen-bond donors (Lipinski definition) is 2. The van der Waals surface area contributed by atoms with Gasteiger partial charge in [-0.25, -0.2) is 14.5 Å². The van der Waals surface area contributed by atoms with Crippen molar-refractivity contribution < 1.29 is 0 Å². The van der Waals surface area contributed by atoms with Gasteiger partial charge in [0.1, 0.15) is 12.4 Å². The van der Waals surface area contributed by atoms with Crippen LogP contribution in [0, 0.1) is 12.3 Å². The van der Waals surface area contributed by atoms with Crippen molar-refractivity contribution in [1.82, 2.24) is 24.1 Å². The summed E-state index contributed by atoms with van der Waals surface area (Å²) in [6.07, 6.45) is 5.17. The van der Waals surface area contributed by atoms with Crippen LogP contribution >= 0.6 is 0 Å². The zero-order chi connectivity index (χ0) is 16.4. The van der Waals surface area contributed by atoms with Crippen molar-refractivity contribution in [2.75, 3.05) is 5.73 Å². The van der Waals surface area contributed by atoms with Crippen LogP contribution in [0.1, 0.15) is 5.69 Å². The van der Waals surface area contributed by atoms with Crippen molar-refractivity contribution >= 4 is 17.5 Å². The van der Waals surface area contributed by atoms with E-state index >= 15 is 0 Å². The van der Waals surface area contributed by atoms with E-state index in [2.05, 4.69) is 21.2 Å². The molecule has 4 N–H and O–H groups in total. The molecular weight excluding hydrogens is 288 g/mol. The van der Waals surface area contributed by atoms with Crippen molar-refractivity contribution in [3.8, 4) is 12.3 Å². The second-order valence-corrected chi connectivity index (χ2v) is 4.42. The van der Waals surface area contributed by atoms with Crippen LogP contribution in [-0.2, 0) is 20.6 Å². The lowest BCUT2D eigenvalue weighted by molar-refractivity contribution is 0.681. The maximum atomic E-state index is 11.8. The van der Waals surface area contributed by atoms with Gasteiger partial charge in [-0.15, -0.1) is 11.5 Å². The molecule has 0 spiro atoms. The first-order valence-corrected chi connectivity index (χ1v) is 6.10. The fraction of sp³-hybridized carbons (Fsp3) is 0.250. The Hall–Kier alpha value is -3.35. The molecule has 0 atom stereocenters. The standard InChI is InChI=1S/C12H14N8O2/c1-4-5-20-11(14)9(16-17-20)10(13)15-7-6-8(21)19(3)12(22)18(7)2/h1,6H,5,14H2,2-3H3,(H2,13,15). The first kappa shape index (κ1) is 15.0. The van der Waals surface area contributed by atoms with Gasteiger partial charge in [0.05, 0.1) is 0 Å². The summed E-state index contributed by atoms with van der Waals surface area (Å²) >= 11 is 0. The fourth-order valence-electron chi connectivity index (χ4n) is 1.71. The second-order valence-electron chi connectivity index (χ2n) is 4.42. The van der Waals surface area contributed by atoms with Gasteiger partial charge in [0, 0.05) is 20.2 Å². The van der Waals surface area contributed by atoms with Crippen molar-refractivity contribution in [3.63, 3.8) is 0 Å². The minimum atomic E-state index is -0.525. The van der Waals surface area contributed by atoms with Crippen LogP contribution in [0.25, 0.3) is 0 Å². The SMILES string of the molecule is C#CCn1nnc(C(N)=Nc2cc(=O)n(C)c(=O)n2C)c1N. The maximum absolute atomic E-state index is 11.8. The van der Waals surface area contributed by atoms with Crippen molar-refractivity contribution in [3.05, 3.63) is 32.6 Å². The minimum Gasteiger partial charge on any atom is -0.382 e. The summed E-state index contributed by atoms with van der Waals surface area (Å²) in [5.74, 6) is 2.51. The summed E-state index contributed by atoms with van der Waals surface area (Å²) in [4.78, 5) is 27.5. The monoisotopic (exact) mass is 302 g/mol. The quantitative estimate of drug-likeness (QED) is 0.379. The number of aromatic nitrogens is 5. The third kappa shape index (κ3) is 2.47. The number of nitrogen functional groups attached to an aromatic ring is 1. The van der Waals surface area contributed by atoms with Gasteiger partial charge >= 0.3 is 5.69 Å². The molecule has 0 amide bonds. The van der Waals surface area contributed by atoms with Crippen molar-refractivity contribution in [2.24, 2.45) is 24.8 Å². The van der Waals surface area contributed by atoms with E-state index in [9.17, 15) is 9.59 Å². The summed E-state index contributed by atoms with van der Waals surface area (Å²) in [5.41, 5.74) is 10.7. The minimum absolute atomic E-state index is 0.0796. The molecule has 2 aromatic heterocycles. The Morgan fingerprint density at radius 3 is 2.73 bits per heavy atom. The number of hydrogen-bond acceptors (Lipinski definition) is 6. The van der Waals surface area contributed by atoms with Crippen LogP contribution in [0.3, 0.4) is 0 Å². The van der Waals surface area contributed by atoms with Crippen LogP contribution in [0.2, 0.25) is 0 Å². The molecule has 0 aliphatic heterocycles. The Morgan fingerprint density at radius 2 is 2.09 bits per heavy atom. The number of nitrogens with two attached hydrogens (primary N) is 2. The van der Waals surface area contributed by atoms with Gasteiger partial charge in [-0.2, -0.15) is 0 Å². The lowest BCUT2D eigenvalue weighted by Crippen LogP contribution is -2.36. The molecule has 22 heavy (non-hydrogen) atoms. The number of anilines is 1. The Kier molecular flexibility index (Phi) is 3.81.